The predicted octanol–water partition coefficient (Wildman–Crippen LogP) is -5.31. The molecule has 0 rings (SSSR count). The molecule has 0 radical (unpaired) electrons. The van der Waals surface area contributed by atoms with Crippen molar-refractivity contribution in [2.24, 2.45) is 5.73 Å². The van der Waals surface area contributed by atoms with E-state index in [4.69, 9.17) is 10.8 Å². The van der Waals surface area contributed by atoms with Gasteiger partial charge >= 0.3 is 5.97 Å². The van der Waals surface area contributed by atoms with Crippen LogP contribution in [-0.4, -0.2) is 142 Å². The summed E-state index contributed by atoms with van der Waals surface area (Å²) in [5.41, 5.74) is 5.57. The molecule has 0 aliphatic rings. The molecule has 0 fully saturated rings. The first-order valence-electron chi connectivity index (χ1n) is 16.5. The van der Waals surface area contributed by atoms with Gasteiger partial charge in [-0.05, 0) is 48.5 Å². The summed E-state index contributed by atoms with van der Waals surface area (Å²) in [6.45, 7) is 9.18. The van der Waals surface area contributed by atoms with Crippen molar-refractivity contribution in [1.29, 1.82) is 0 Å². The Kier molecular flexibility index (Phi) is 22.3. The Balaban J connectivity index is 5.04. The third-order valence-corrected chi connectivity index (χ3v) is 8.53. The normalized spacial score (nSPS) is 16.4. The number of nitrogens with one attached hydrogen (secondary N) is 9. The average Bonchev–Trinajstić information content (AvgIpc) is 3.11. The van der Waals surface area contributed by atoms with E-state index in [-0.39, 0.29) is 17.3 Å². The van der Waals surface area contributed by atoms with Crippen LogP contribution in [0.5, 0.6) is 0 Å². The molecule has 54 heavy (non-hydrogen) atoms. The van der Waals surface area contributed by atoms with Crippen molar-refractivity contribution in [2.45, 2.75) is 109 Å². The Morgan fingerprint density at radius 3 is 0.852 bits per heavy atom. The van der Waals surface area contributed by atoms with Gasteiger partial charge in [-0.3, -0.25) is 47.9 Å². The van der Waals surface area contributed by atoms with Crippen LogP contribution in [0.4, 0.5) is 0 Å². The van der Waals surface area contributed by atoms with Gasteiger partial charge in [-0.15, -0.1) is 0 Å². The maximum Gasteiger partial charge on any atom is 0.325 e. The van der Waals surface area contributed by atoms with Gasteiger partial charge in [-0.2, -0.15) is 37.9 Å². The van der Waals surface area contributed by atoms with Gasteiger partial charge in [0.2, 0.25) is 53.2 Å². The molecule has 0 saturated heterocycles. The van der Waals surface area contributed by atoms with Crippen molar-refractivity contribution in [3.8, 4) is 0 Å². The Morgan fingerprint density at radius 2 is 0.611 bits per heavy atom. The summed E-state index contributed by atoms with van der Waals surface area (Å²) < 4.78 is 0. The molecule has 24 heteroatoms. The molecule has 0 aromatic rings. The van der Waals surface area contributed by atoms with Gasteiger partial charge in [0, 0.05) is 17.3 Å². The van der Waals surface area contributed by atoms with Gasteiger partial charge in [0.1, 0.15) is 54.4 Å². The molecule has 21 nitrogen and oxygen atoms in total. The van der Waals surface area contributed by atoms with Crippen LogP contribution in [0.3, 0.4) is 0 Å². The maximum atomic E-state index is 12.8. The van der Waals surface area contributed by atoms with Crippen LogP contribution in [0, 0.1) is 0 Å². The first kappa shape index (κ1) is 49.7. The van der Waals surface area contributed by atoms with E-state index >= 15 is 0 Å². The molecular weight excluding hydrogens is 773 g/mol. The van der Waals surface area contributed by atoms with Crippen molar-refractivity contribution < 1.29 is 53.1 Å². The highest BCUT2D eigenvalue weighted by atomic mass is 32.1. The monoisotopic (exact) mass is 824 g/mol. The van der Waals surface area contributed by atoms with Gasteiger partial charge in [0.25, 0.3) is 0 Å². The molecule has 0 unspecified atom stereocenters. The Labute approximate surface area is 328 Å². The minimum Gasteiger partial charge on any atom is -0.480 e. The molecule has 0 saturated carbocycles. The maximum absolute atomic E-state index is 12.8. The molecule has 9 amide bonds. The van der Waals surface area contributed by atoms with Gasteiger partial charge in [-0.25, -0.2) is 0 Å². The highest BCUT2D eigenvalue weighted by Gasteiger charge is 2.30. The minimum absolute atomic E-state index is 0.0456. The lowest BCUT2D eigenvalue weighted by atomic mass is 10.2. The lowest BCUT2D eigenvalue weighted by Gasteiger charge is -2.24. The van der Waals surface area contributed by atoms with Gasteiger partial charge < -0.3 is 58.7 Å². The van der Waals surface area contributed by atoms with Crippen LogP contribution in [-0.2, 0) is 47.9 Å². The van der Waals surface area contributed by atoms with Gasteiger partial charge in [-0.1, -0.05) is 0 Å². The quantitative estimate of drug-likeness (QED) is 0.0456. The third kappa shape index (κ3) is 17.2. The summed E-state index contributed by atoms with van der Waals surface area (Å²) in [7, 11) is 0. The van der Waals surface area contributed by atoms with Crippen LogP contribution >= 0.6 is 37.9 Å². The molecule has 0 aromatic heterocycles. The summed E-state index contributed by atoms with van der Waals surface area (Å²) in [5, 5.41) is 30.2. The number of carbonyl (C=O) groups excluding carboxylic acids is 9. The zero-order valence-corrected chi connectivity index (χ0v) is 33.5. The second-order valence-corrected chi connectivity index (χ2v) is 13.3. The Morgan fingerprint density at radius 1 is 0.389 bits per heavy atom. The largest absolute Gasteiger partial charge is 0.480 e. The molecule has 306 valence electrons. The SMILES string of the molecule is C[C@H](NC(=O)[C@H](C)NC(=O)[C@H](C)NC(=O)[C@H](CS)NC(=O)[C@H](C)NC(=O)[C@H](C)NC(=O)[C@H](C)NC(=O)[C@H](CS)NC(=O)[C@H](C)NC(=O)[C@@H](N)CS)C(=O)O. The number of carbonyl (C=O) groups is 10. The molecule has 12 N–H and O–H groups in total. The standard InChI is InChI=1S/C30H52N10O11S3/c1-11(32-22(42)13(3)36-29(49)20(10-54)40-26(46)16(6)35-27(47)18(31)8-52)21(41)34-15(5)25(45)39-19(9-53)28(48)37-14(4)23(43)33-12(2)24(44)38-17(7)30(50)51/h11-20,52-54H,8-10,31H2,1-7H3,(H,32,42)(H,33,43)(H,34,41)(H,35,47)(H,36,49)(H,37,48)(H,38,44)(H,39,45)(H,40,46)(H,50,51)/t11-,12-,13-,14-,15-,16-,17-,18-,19-,20-/m0/s1. The van der Waals surface area contributed by atoms with Crippen molar-refractivity contribution in [3.63, 3.8) is 0 Å². The van der Waals surface area contributed by atoms with Crippen molar-refractivity contribution in [3.05, 3.63) is 0 Å². The number of hydrogen-bond acceptors (Lipinski definition) is 14. The first-order chi connectivity index (χ1) is 25.0. The Bertz CT molecular complexity index is 1410. The van der Waals surface area contributed by atoms with Crippen LogP contribution in [0.2, 0.25) is 0 Å². The van der Waals surface area contributed by atoms with Crippen molar-refractivity contribution in [1.82, 2.24) is 47.9 Å². The molecule has 0 aromatic carbocycles. The molecular formula is C30H52N10O11S3. The van der Waals surface area contributed by atoms with Crippen LogP contribution < -0.4 is 53.6 Å². The van der Waals surface area contributed by atoms with Crippen LogP contribution in [0.15, 0.2) is 0 Å². The number of nitrogens with two attached hydrogens (primary N) is 1. The summed E-state index contributed by atoms with van der Waals surface area (Å²) in [6, 6.07) is -11.6. The van der Waals surface area contributed by atoms with E-state index in [1.54, 1.807) is 0 Å². The molecule has 0 aliphatic heterocycles. The van der Waals surface area contributed by atoms with E-state index in [1.165, 1.54) is 48.5 Å². The zero-order chi connectivity index (χ0) is 42.0. The second-order valence-electron chi connectivity index (χ2n) is 12.2. The topological polar surface area (TPSA) is 325 Å². The van der Waals surface area contributed by atoms with E-state index in [1.807, 2.05) is 0 Å². The molecule has 0 spiro atoms. The zero-order valence-electron chi connectivity index (χ0n) is 30.8. The van der Waals surface area contributed by atoms with Crippen molar-refractivity contribution >= 4 is 97.0 Å². The summed E-state index contributed by atoms with van der Waals surface area (Å²) in [6.07, 6.45) is 0. The second kappa shape index (κ2) is 24.2. The first-order valence-corrected chi connectivity index (χ1v) is 18.4. The Hall–Kier alpha value is -4.29. The van der Waals surface area contributed by atoms with E-state index in [2.05, 4.69) is 85.7 Å². The number of carboxylic acid groups (broad SMARTS) is 1. The molecule has 0 heterocycles. The molecule has 10 atom stereocenters. The third-order valence-electron chi connectivity index (χ3n) is 7.41. The summed E-state index contributed by atoms with van der Waals surface area (Å²) >= 11 is 12.0. The minimum atomic E-state index is -1.28. The highest BCUT2D eigenvalue weighted by Crippen LogP contribution is 1.98. The lowest BCUT2D eigenvalue weighted by Crippen LogP contribution is -2.59. The smallest absolute Gasteiger partial charge is 0.325 e. The highest BCUT2D eigenvalue weighted by molar-refractivity contribution is 7.80. The summed E-state index contributed by atoms with van der Waals surface area (Å²) in [5.74, 6) is -8.49. The fourth-order valence-corrected chi connectivity index (χ4v) is 4.50. The van der Waals surface area contributed by atoms with E-state index < -0.39 is 120 Å². The molecule has 0 bridgehead atoms. The number of hydrogen-bond donors (Lipinski definition) is 14. The van der Waals surface area contributed by atoms with Gasteiger partial charge in [0.15, 0.2) is 0 Å². The summed E-state index contributed by atoms with van der Waals surface area (Å²) in [4.78, 5) is 124. The van der Waals surface area contributed by atoms with Crippen molar-refractivity contribution in [2.75, 3.05) is 17.3 Å². The lowest BCUT2D eigenvalue weighted by molar-refractivity contribution is -0.141. The number of thiol groups is 3. The fraction of sp³-hybridized carbons (Fsp3) is 0.667. The van der Waals surface area contributed by atoms with E-state index in [0.29, 0.717) is 0 Å². The number of rotatable bonds is 22. The van der Waals surface area contributed by atoms with Crippen LogP contribution in [0.25, 0.3) is 0 Å². The fourth-order valence-electron chi connectivity index (χ4n) is 3.82. The molecule has 0 aliphatic carbocycles. The predicted molar refractivity (Wildman–Crippen MR) is 204 cm³/mol. The number of amides is 9. The average molecular weight is 825 g/mol. The number of aliphatic carboxylic acids is 1. The number of carboxylic acids is 1. The van der Waals surface area contributed by atoms with E-state index in [9.17, 15) is 47.9 Å². The van der Waals surface area contributed by atoms with Gasteiger partial charge in [0.05, 0.1) is 6.04 Å². The van der Waals surface area contributed by atoms with Crippen LogP contribution in [0.1, 0.15) is 48.5 Å². The van der Waals surface area contributed by atoms with E-state index in [0.717, 1.165) is 0 Å².